The summed E-state index contributed by atoms with van der Waals surface area (Å²) >= 11 is 3.39. The molecule has 0 spiro atoms. The molecule has 0 radical (unpaired) electrons. The fourth-order valence-electron chi connectivity index (χ4n) is 1.89. The highest BCUT2D eigenvalue weighted by Crippen LogP contribution is 2.10. The van der Waals surface area contributed by atoms with Gasteiger partial charge in [-0.1, -0.05) is 67.1 Å². The maximum atomic E-state index is 11.6. The van der Waals surface area contributed by atoms with Crippen LogP contribution in [0.1, 0.15) is 57.4 Å². The molecule has 20 heavy (non-hydrogen) atoms. The zero-order chi connectivity index (χ0) is 14.6. The second-order valence-electron chi connectivity index (χ2n) is 4.87. The molecule has 0 bridgehead atoms. The Morgan fingerprint density at radius 2 is 2.00 bits per heavy atom. The van der Waals surface area contributed by atoms with Crippen LogP contribution in [-0.2, 0) is 4.79 Å². The van der Waals surface area contributed by atoms with Crippen LogP contribution >= 0.6 is 15.9 Å². The van der Waals surface area contributed by atoms with Crippen LogP contribution in [-0.4, -0.2) is 12.1 Å². The number of amides is 1. The van der Waals surface area contributed by atoms with Crippen molar-refractivity contribution in [2.24, 2.45) is 5.10 Å². The van der Waals surface area contributed by atoms with Crippen molar-refractivity contribution in [1.29, 1.82) is 0 Å². The summed E-state index contributed by atoms with van der Waals surface area (Å²) in [7, 11) is 0. The van der Waals surface area contributed by atoms with Crippen LogP contribution in [0.2, 0.25) is 0 Å². The number of rotatable bonds is 9. The van der Waals surface area contributed by atoms with Crippen molar-refractivity contribution in [3.63, 3.8) is 0 Å². The number of nitrogens with one attached hydrogen (secondary N) is 1. The van der Waals surface area contributed by atoms with Crippen molar-refractivity contribution < 1.29 is 4.79 Å². The second kappa shape index (κ2) is 10.6. The lowest BCUT2D eigenvalue weighted by molar-refractivity contribution is -0.121. The van der Waals surface area contributed by atoms with Gasteiger partial charge in [-0.25, -0.2) is 5.43 Å². The quantitative estimate of drug-likeness (QED) is 0.397. The minimum atomic E-state index is -0.00765. The van der Waals surface area contributed by atoms with E-state index in [4.69, 9.17) is 0 Å². The molecule has 0 aliphatic heterocycles. The van der Waals surface area contributed by atoms with Crippen molar-refractivity contribution in [2.45, 2.75) is 51.9 Å². The Kier molecular flexibility index (Phi) is 8.96. The first-order chi connectivity index (χ1) is 9.72. The third kappa shape index (κ3) is 8.10. The Morgan fingerprint density at radius 1 is 1.25 bits per heavy atom. The number of nitrogens with zero attached hydrogens (tertiary/aromatic N) is 1. The van der Waals surface area contributed by atoms with E-state index in [9.17, 15) is 4.79 Å². The van der Waals surface area contributed by atoms with Crippen molar-refractivity contribution >= 4 is 28.1 Å². The van der Waals surface area contributed by atoms with E-state index in [1.165, 1.54) is 25.7 Å². The first-order valence-corrected chi connectivity index (χ1v) is 8.09. The molecule has 0 heterocycles. The highest BCUT2D eigenvalue weighted by atomic mass is 79.9. The molecule has 1 aromatic carbocycles. The number of benzene rings is 1. The molecule has 0 saturated carbocycles. The number of unbranched alkanes of at least 4 members (excludes halogenated alkanes) is 5. The predicted octanol–water partition coefficient (Wildman–Crippen LogP) is 4.65. The Bertz CT molecular complexity index is 432. The van der Waals surface area contributed by atoms with Crippen molar-refractivity contribution in [2.75, 3.05) is 0 Å². The second-order valence-corrected chi connectivity index (χ2v) is 5.78. The first kappa shape index (κ1) is 16.9. The molecular weight excluding hydrogens is 316 g/mol. The average molecular weight is 339 g/mol. The fourth-order valence-corrected chi connectivity index (χ4v) is 2.30. The van der Waals surface area contributed by atoms with Gasteiger partial charge in [0.1, 0.15) is 0 Å². The molecule has 1 amide bonds. The van der Waals surface area contributed by atoms with Crippen LogP contribution in [0.5, 0.6) is 0 Å². The number of hydrazone groups is 1. The first-order valence-electron chi connectivity index (χ1n) is 7.30. The normalized spacial score (nSPS) is 10.9. The van der Waals surface area contributed by atoms with E-state index in [1.54, 1.807) is 6.21 Å². The summed E-state index contributed by atoms with van der Waals surface area (Å²) in [4.78, 5) is 11.6. The summed E-state index contributed by atoms with van der Waals surface area (Å²) in [5, 5.41) is 3.97. The molecule has 0 aromatic heterocycles. The Hall–Kier alpha value is -1.16. The number of hydrogen-bond acceptors (Lipinski definition) is 2. The number of carbonyl (C=O) groups excluding carboxylic acids is 1. The maximum Gasteiger partial charge on any atom is 0.240 e. The lowest BCUT2D eigenvalue weighted by Gasteiger charge is -2.00. The summed E-state index contributed by atoms with van der Waals surface area (Å²) in [5.74, 6) is -0.00765. The molecule has 1 aromatic rings. The highest BCUT2D eigenvalue weighted by molar-refractivity contribution is 9.10. The zero-order valence-corrected chi connectivity index (χ0v) is 13.7. The molecule has 0 atom stereocenters. The Morgan fingerprint density at radius 3 is 2.75 bits per heavy atom. The molecule has 1 N–H and O–H groups in total. The topological polar surface area (TPSA) is 41.5 Å². The van der Waals surface area contributed by atoms with E-state index in [0.717, 1.165) is 22.9 Å². The van der Waals surface area contributed by atoms with Gasteiger partial charge in [-0.3, -0.25) is 4.79 Å². The molecule has 4 heteroatoms. The van der Waals surface area contributed by atoms with Gasteiger partial charge in [0.05, 0.1) is 6.21 Å². The van der Waals surface area contributed by atoms with Crippen LogP contribution < -0.4 is 5.43 Å². The summed E-state index contributed by atoms with van der Waals surface area (Å²) in [6.45, 7) is 2.21. The van der Waals surface area contributed by atoms with Gasteiger partial charge in [-0.15, -0.1) is 0 Å². The van der Waals surface area contributed by atoms with Gasteiger partial charge < -0.3 is 0 Å². The standard InChI is InChI=1S/C16H23BrN2O/c1-2-3-4-5-6-7-11-16(20)19-18-13-14-9-8-10-15(17)12-14/h8-10,12-13H,2-7,11H2,1H3,(H,19,20)/b18-13+. The van der Waals surface area contributed by atoms with Gasteiger partial charge in [0.15, 0.2) is 0 Å². The maximum absolute atomic E-state index is 11.6. The highest BCUT2D eigenvalue weighted by Gasteiger charge is 1.99. The Balaban J connectivity index is 2.13. The monoisotopic (exact) mass is 338 g/mol. The smallest absolute Gasteiger partial charge is 0.240 e. The summed E-state index contributed by atoms with van der Waals surface area (Å²) < 4.78 is 1.000. The van der Waals surface area contributed by atoms with Crippen molar-refractivity contribution in [3.05, 3.63) is 34.3 Å². The average Bonchev–Trinajstić information content (AvgIpc) is 2.43. The van der Waals surface area contributed by atoms with Gasteiger partial charge in [0.2, 0.25) is 5.91 Å². The van der Waals surface area contributed by atoms with Crippen molar-refractivity contribution in [1.82, 2.24) is 5.43 Å². The van der Waals surface area contributed by atoms with E-state index in [1.807, 2.05) is 24.3 Å². The molecule has 3 nitrogen and oxygen atoms in total. The number of halogens is 1. The lowest BCUT2D eigenvalue weighted by Crippen LogP contribution is -2.16. The summed E-state index contributed by atoms with van der Waals surface area (Å²) in [6, 6.07) is 7.77. The summed E-state index contributed by atoms with van der Waals surface area (Å²) in [5.41, 5.74) is 3.53. The molecule has 0 unspecified atom stereocenters. The van der Waals surface area contributed by atoms with Crippen LogP contribution in [0.15, 0.2) is 33.8 Å². The largest absolute Gasteiger partial charge is 0.273 e. The summed E-state index contributed by atoms with van der Waals surface area (Å²) in [6.07, 6.45) is 9.34. The van der Waals surface area contributed by atoms with E-state index < -0.39 is 0 Å². The SMILES string of the molecule is CCCCCCCCC(=O)N/N=C/c1cccc(Br)c1. The molecule has 0 fully saturated rings. The molecule has 0 saturated heterocycles. The van der Waals surface area contributed by atoms with Crippen LogP contribution in [0.25, 0.3) is 0 Å². The van der Waals surface area contributed by atoms with Crippen LogP contribution in [0.3, 0.4) is 0 Å². The van der Waals surface area contributed by atoms with E-state index in [0.29, 0.717) is 6.42 Å². The van der Waals surface area contributed by atoms with Crippen LogP contribution in [0.4, 0.5) is 0 Å². The fraction of sp³-hybridized carbons (Fsp3) is 0.500. The van der Waals surface area contributed by atoms with Gasteiger partial charge in [-0.05, 0) is 24.1 Å². The Labute approximate surface area is 130 Å². The number of hydrogen-bond donors (Lipinski definition) is 1. The van der Waals surface area contributed by atoms with E-state index in [2.05, 4.69) is 33.4 Å². The molecule has 1 rings (SSSR count). The third-order valence-corrected chi connectivity index (χ3v) is 3.50. The van der Waals surface area contributed by atoms with Crippen LogP contribution in [0, 0.1) is 0 Å². The van der Waals surface area contributed by atoms with Gasteiger partial charge in [0, 0.05) is 10.9 Å². The minimum Gasteiger partial charge on any atom is -0.273 e. The minimum absolute atomic E-state index is 0.00765. The molecule has 110 valence electrons. The predicted molar refractivity (Wildman–Crippen MR) is 87.9 cm³/mol. The number of carbonyl (C=O) groups is 1. The van der Waals surface area contributed by atoms with Gasteiger partial charge >= 0.3 is 0 Å². The molecule has 0 aliphatic rings. The van der Waals surface area contributed by atoms with E-state index >= 15 is 0 Å². The lowest BCUT2D eigenvalue weighted by atomic mass is 10.1. The molecular formula is C16H23BrN2O. The zero-order valence-electron chi connectivity index (χ0n) is 12.1. The van der Waals surface area contributed by atoms with Gasteiger partial charge in [-0.2, -0.15) is 5.10 Å². The van der Waals surface area contributed by atoms with Crippen molar-refractivity contribution in [3.8, 4) is 0 Å². The van der Waals surface area contributed by atoms with E-state index in [-0.39, 0.29) is 5.91 Å². The third-order valence-electron chi connectivity index (χ3n) is 3.01. The van der Waals surface area contributed by atoms with Gasteiger partial charge in [0.25, 0.3) is 0 Å². The molecule has 0 aliphatic carbocycles.